The van der Waals surface area contributed by atoms with Crippen LogP contribution in [0.1, 0.15) is 10.4 Å². The highest BCUT2D eigenvalue weighted by Gasteiger charge is 2.15. The van der Waals surface area contributed by atoms with Gasteiger partial charge in [-0.3, -0.25) is 4.98 Å². The van der Waals surface area contributed by atoms with Gasteiger partial charge in [0.2, 0.25) is 0 Å². The van der Waals surface area contributed by atoms with Crippen LogP contribution in [0.25, 0.3) is 21.5 Å². The fraction of sp³-hybridized carbons (Fsp3) is 0.0667. The maximum Gasteiger partial charge on any atom is 0.338 e. The molecule has 0 bridgehead atoms. The molecule has 0 N–H and O–H groups in total. The van der Waals surface area contributed by atoms with E-state index in [1.165, 1.54) is 7.11 Å². The lowest BCUT2D eigenvalue weighted by atomic mass is 9.99. The molecule has 0 aliphatic heterocycles. The highest BCUT2D eigenvalue weighted by molar-refractivity contribution is 6.40. The Kier molecular flexibility index (Phi) is 3.24. The molecule has 0 atom stereocenters. The van der Waals surface area contributed by atoms with E-state index >= 15 is 0 Å². The summed E-state index contributed by atoms with van der Waals surface area (Å²) in [7, 11) is 1.35. The van der Waals surface area contributed by atoms with Crippen molar-refractivity contribution in [3.63, 3.8) is 0 Å². The summed E-state index contributed by atoms with van der Waals surface area (Å²) in [5.74, 6) is -0.408. The predicted octanol–water partition coefficient (Wildman–Crippen LogP) is 4.48. The Morgan fingerprint density at radius 3 is 2.65 bits per heavy atom. The van der Waals surface area contributed by atoms with Gasteiger partial charge >= 0.3 is 5.97 Å². The number of ether oxygens (including phenoxy) is 1. The van der Waals surface area contributed by atoms with Gasteiger partial charge in [-0.05, 0) is 35.0 Å². The molecule has 0 fully saturated rings. The van der Waals surface area contributed by atoms with Gasteiger partial charge in [0.25, 0.3) is 0 Å². The van der Waals surface area contributed by atoms with Gasteiger partial charge in [-0.25, -0.2) is 4.79 Å². The Hall–Kier alpha value is -1.84. The quantitative estimate of drug-likeness (QED) is 0.491. The molecule has 0 aliphatic carbocycles. The van der Waals surface area contributed by atoms with Crippen molar-refractivity contribution in [2.24, 2.45) is 0 Å². The summed E-state index contributed by atoms with van der Waals surface area (Å²) in [5, 5.41) is 4.21. The molecule has 0 saturated carbocycles. The van der Waals surface area contributed by atoms with Gasteiger partial charge in [-0.15, -0.1) is 0 Å². The second-order valence-electron chi connectivity index (χ2n) is 4.32. The summed E-state index contributed by atoms with van der Waals surface area (Å²) in [5.41, 5.74) is 0.460. The van der Waals surface area contributed by atoms with E-state index in [9.17, 15) is 4.79 Å². The molecule has 0 amide bonds. The molecule has 1 heterocycles. The third-order valence-corrected chi connectivity index (χ3v) is 3.72. The Bertz CT molecular complexity index is 846. The molecule has 100 valence electrons. The zero-order valence-electron chi connectivity index (χ0n) is 10.5. The zero-order chi connectivity index (χ0) is 14.3. The number of hydrogen-bond donors (Lipinski definition) is 0. The minimum Gasteiger partial charge on any atom is -0.465 e. The fourth-order valence-corrected chi connectivity index (χ4v) is 2.85. The van der Waals surface area contributed by atoms with Gasteiger partial charge < -0.3 is 4.74 Å². The minimum absolute atomic E-state index is 0.408. The minimum atomic E-state index is -0.408. The number of esters is 1. The average molecular weight is 306 g/mol. The number of hydrogen-bond acceptors (Lipinski definition) is 3. The SMILES string of the molecule is COC(=O)c1cc2c(Cl)cc(Cl)cc2c2cnccc12. The van der Waals surface area contributed by atoms with E-state index in [2.05, 4.69) is 4.98 Å². The molecule has 3 nitrogen and oxygen atoms in total. The number of carbonyl (C=O) groups is 1. The number of halogens is 2. The summed E-state index contributed by atoms with van der Waals surface area (Å²) < 4.78 is 4.83. The van der Waals surface area contributed by atoms with E-state index in [-0.39, 0.29) is 0 Å². The van der Waals surface area contributed by atoms with E-state index < -0.39 is 5.97 Å². The number of nitrogens with zero attached hydrogens (tertiary/aromatic N) is 1. The van der Waals surface area contributed by atoms with Crippen LogP contribution in [-0.4, -0.2) is 18.1 Å². The van der Waals surface area contributed by atoms with Crippen LogP contribution in [0, 0.1) is 0 Å². The Morgan fingerprint density at radius 1 is 1.10 bits per heavy atom. The summed E-state index contributed by atoms with van der Waals surface area (Å²) in [4.78, 5) is 16.0. The maximum absolute atomic E-state index is 11.9. The molecule has 1 aromatic heterocycles. The lowest BCUT2D eigenvalue weighted by molar-refractivity contribution is 0.0603. The fourth-order valence-electron chi connectivity index (χ4n) is 2.30. The molecule has 20 heavy (non-hydrogen) atoms. The van der Waals surface area contributed by atoms with E-state index in [0.29, 0.717) is 15.6 Å². The molecule has 5 heteroatoms. The predicted molar refractivity (Wildman–Crippen MR) is 80.6 cm³/mol. The van der Waals surface area contributed by atoms with Crippen LogP contribution >= 0.6 is 23.2 Å². The highest BCUT2D eigenvalue weighted by Crippen LogP contribution is 2.35. The summed E-state index contributed by atoms with van der Waals surface area (Å²) >= 11 is 12.3. The van der Waals surface area contributed by atoms with Crippen molar-refractivity contribution in [3.8, 4) is 0 Å². The van der Waals surface area contributed by atoms with Crippen LogP contribution < -0.4 is 0 Å². The zero-order valence-corrected chi connectivity index (χ0v) is 12.0. The molecule has 0 spiro atoms. The topological polar surface area (TPSA) is 39.2 Å². The summed E-state index contributed by atoms with van der Waals surface area (Å²) in [6, 6.07) is 6.96. The van der Waals surface area contributed by atoms with Gasteiger partial charge in [0.15, 0.2) is 0 Å². The van der Waals surface area contributed by atoms with Crippen LogP contribution in [0.15, 0.2) is 36.7 Å². The van der Waals surface area contributed by atoms with E-state index in [0.717, 1.165) is 21.5 Å². The number of benzene rings is 2. The molecule has 3 rings (SSSR count). The van der Waals surface area contributed by atoms with E-state index in [4.69, 9.17) is 27.9 Å². The number of pyridine rings is 1. The first-order chi connectivity index (χ1) is 9.61. The third-order valence-electron chi connectivity index (χ3n) is 3.19. The van der Waals surface area contributed by atoms with Gasteiger partial charge in [-0.2, -0.15) is 0 Å². The summed E-state index contributed by atoms with van der Waals surface area (Å²) in [6.07, 6.45) is 3.32. The van der Waals surface area contributed by atoms with Crippen LogP contribution in [0.3, 0.4) is 0 Å². The number of fused-ring (bicyclic) bond motifs is 3. The number of rotatable bonds is 1. The molecule has 2 aromatic carbocycles. The molecule has 0 saturated heterocycles. The summed E-state index contributed by atoms with van der Waals surface area (Å²) in [6.45, 7) is 0. The number of methoxy groups -OCH3 is 1. The van der Waals surface area contributed by atoms with Gasteiger partial charge in [0.1, 0.15) is 0 Å². The van der Waals surface area contributed by atoms with Crippen molar-refractivity contribution in [2.75, 3.05) is 7.11 Å². The first-order valence-corrected chi connectivity index (χ1v) is 6.61. The lowest BCUT2D eigenvalue weighted by Crippen LogP contribution is -2.02. The van der Waals surface area contributed by atoms with Crippen LogP contribution in [0.4, 0.5) is 0 Å². The second-order valence-corrected chi connectivity index (χ2v) is 5.16. The van der Waals surface area contributed by atoms with Crippen molar-refractivity contribution < 1.29 is 9.53 Å². The lowest BCUT2D eigenvalue weighted by Gasteiger charge is -2.10. The Balaban J connectivity index is 2.55. The molecule has 3 aromatic rings. The van der Waals surface area contributed by atoms with E-state index in [1.807, 2.05) is 6.07 Å². The molecular formula is C15H9Cl2NO2. The van der Waals surface area contributed by atoms with Crippen LogP contribution in [0.5, 0.6) is 0 Å². The van der Waals surface area contributed by atoms with Crippen molar-refractivity contribution in [1.82, 2.24) is 4.98 Å². The first-order valence-electron chi connectivity index (χ1n) is 5.85. The molecule has 0 radical (unpaired) electrons. The second kappa shape index (κ2) is 4.93. The number of carbonyl (C=O) groups excluding carboxylic acids is 1. The highest BCUT2D eigenvalue weighted by atomic mass is 35.5. The molecule has 0 unspecified atom stereocenters. The Morgan fingerprint density at radius 2 is 1.90 bits per heavy atom. The monoisotopic (exact) mass is 305 g/mol. The number of aromatic nitrogens is 1. The Labute approximate surface area is 125 Å². The van der Waals surface area contributed by atoms with E-state index in [1.54, 1.807) is 30.6 Å². The maximum atomic E-state index is 11.9. The van der Waals surface area contributed by atoms with Crippen LogP contribution in [-0.2, 0) is 4.74 Å². The van der Waals surface area contributed by atoms with Crippen molar-refractivity contribution in [1.29, 1.82) is 0 Å². The first kappa shape index (κ1) is 13.2. The third kappa shape index (κ3) is 1.99. The van der Waals surface area contributed by atoms with Gasteiger partial charge in [-0.1, -0.05) is 23.2 Å². The van der Waals surface area contributed by atoms with Crippen molar-refractivity contribution in [2.45, 2.75) is 0 Å². The van der Waals surface area contributed by atoms with Crippen molar-refractivity contribution in [3.05, 3.63) is 52.3 Å². The largest absolute Gasteiger partial charge is 0.465 e. The van der Waals surface area contributed by atoms with Crippen molar-refractivity contribution >= 4 is 50.7 Å². The normalized spacial score (nSPS) is 10.9. The van der Waals surface area contributed by atoms with Gasteiger partial charge in [0.05, 0.1) is 12.7 Å². The average Bonchev–Trinajstić information content (AvgIpc) is 2.46. The van der Waals surface area contributed by atoms with Gasteiger partial charge in [0, 0.05) is 33.2 Å². The molecular weight excluding hydrogens is 297 g/mol. The smallest absolute Gasteiger partial charge is 0.338 e. The standard InChI is InChI=1S/C15H9Cl2NO2/c1-20-15(19)12-6-11-10(4-8(16)5-14(11)17)13-7-18-3-2-9(12)13/h2-7H,1H3. The molecule has 0 aliphatic rings. The van der Waals surface area contributed by atoms with Crippen LogP contribution in [0.2, 0.25) is 10.0 Å².